The lowest BCUT2D eigenvalue weighted by Crippen LogP contribution is -2.44. The van der Waals surface area contributed by atoms with Crippen LogP contribution in [0.4, 0.5) is 4.79 Å². The highest BCUT2D eigenvalue weighted by Gasteiger charge is 2.44. The lowest BCUT2D eigenvalue weighted by molar-refractivity contribution is -0.145. The van der Waals surface area contributed by atoms with E-state index in [9.17, 15) is 18.0 Å². The summed E-state index contributed by atoms with van der Waals surface area (Å²) in [6.07, 6.45) is -0.834. The van der Waals surface area contributed by atoms with E-state index >= 15 is 0 Å². The van der Waals surface area contributed by atoms with Crippen molar-refractivity contribution in [2.75, 3.05) is 18.7 Å². The van der Waals surface area contributed by atoms with Crippen LogP contribution in [0.3, 0.4) is 0 Å². The van der Waals surface area contributed by atoms with Crippen molar-refractivity contribution in [2.45, 2.75) is 32.4 Å². The number of ether oxygens (including phenoxy) is 2. The molecule has 104 valence electrons. The van der Waals surface area contributed by atoms with E-state index in [-0.39, 0.29) is 0 Å². The van der Waals surface area contributed by atoms with Crippen LogP contribution >= 0.6 is 0 Å². The van der Waals surface area contributed by atoms with E-state index in [4.69, 9.17) is 4.74 Å². The van der Waals surface area contributed by atoms with E-state index < -0.39 is 45.2 Å². The predicted octanol–water partition coefficient (Wildman–Crippen LogP) is 0.151. The van der Waals surface area contributed by atoms with Crippen LogP contribution in [0.15, 0.2) is 0 Å². The van der Waals surface area contributed by atoms with Gasteiger partial charge in [0.05, 0.1) is 12.9 Å². The SMILES string of the molecule is COC(=O)C1CS(=O)(=O)CN1C(=O)OC(C)(C)C. The van der Waals surface area contributed by atoms with Crippen molar-refractivity contribution in [3.05, 3.63) is 0 Å². The summed E-state index contributed by atoms with van der Waals surface area (Å²) >= 11 is 0. The van der Waals surface area contributed by atoms with E-state index in [1.165, 1.54) is 0 Å². The Labute approximate surface area is 106 Å². The van der Waals surface area contributed by atoms with Crippen molar-refractivity contribution in [3.63, 3.8) is 0 Å². The van der Waals surface area contributed by atoms with Gasteiger partial charge in [0, 0.05) is 0 Å². The minimum Gasteiger partial charge on any atom is -0.467 e. The van der Waals surface area contributed by atoms with Crippen molar-refractivity contribution in [1.82, 2.24) is 4.90 Å². The summed E-state index contributed by atoms with van der Waals surface area (Å²) in [5, 5.41) is 0. The molecule has 0 aliphatic carbocycles. The van der Waals surface area contributed by atoms with Crippen LogP contribution in [-0.2, 0) is 24.1 Å². The lowest BCUT2D eigenvalue weighted by Gasteiger charge is -2.26. The average molecular weight is 279 g/mol. The molecule has 0 aromatic heterocycles. The van der Waals surface area contributed by atoms with Gasteiger partial charge in [-0.15, -0.1) is 0 Å². The quantitative estimate of drug-likeness (QED) is 0.635. The molecule has 1 rings (SSSR count). The highest BCUT2D eigenvalue weighted by molar-refractivity contribution is 7.91. The Morgan fingerprint density at radius 2 is 1.83 bits per heavy atom. The number of amides is 1. The van der Waals surface area contributed by atoms with E-state index in [1.54, 1.807) is 20.8 Å². The lowest BCUT2D eigenvalue weighted by atomic mass is 10.2. The number of hydrogen-bond acceptors (Lipinski definition) is 6. The van der Waals surface area contributed by atoms with Crippen molar-refractivity contribution in [3.8, 4) is 0 Å². The van der Waals surface area contributed by atoms with E-state index in [0.29, 0.717) is 0 Å². The molecule has 0 aromatic carbocycles. The summed E-state index contributed by atoms with van der Waals surface area (Å²) in [6.45, 7) is 4.97. The maximum absolute atomic E-state index is 11.8. The Bertz CT molecular complexity index is 449. The largest absolute Gasteiger partial charge is 0.467 e. The van der Waals surface area contributed by atoms with Crippen molar-refractivity contribution in [2.24, 2.45) is 0 Å². The number of carbonyl (C=O) groups is 2. The van der Waals surface area contributed by atoms with Crippen LogP contribution in [0.2, 0.25) is 0 Å². The van der Waals surface area contributed by atoms with E-state index in [2.05, 4.69) is 4.74 Å². The fourth-order valence-corrected chi connectivity index (χ4v) is 3.13. The fraction of sp³-hybridized carbons (Fsp3) is 0.800. The number of methoxy groups -OCH3 is 1. The van der Waals surface area contributed by atoms with Gasteiger partial charge < -0.3 is 9.47 Å². The topological polar surface area (TPSA) is 90.0 Å². The molecule has 0 aromatic rings. The van der Waals surface area contributed by atoms with Crippen LogP contribution in [0.5, 0.6) is 0 Å². The van der Waals surface area contributed by atoms with Gasteiger partial charge in [-0.1, -0.05) is 0 Å². The molecule has 0 spiro atoms. The van der Waals surface area contributed by atoms with Gasteiger partial charge in [0.1, 0.15) is 17.5 Å². The zero-order chi connectivity index (χ0) is 14.1. The summed E-state index contributed by atoms with van der Waals surface area (Å²) in [7, 11) is -2.34. The average Bonchev–Trinajstić information content (AvgIpc) is 2.51. The zero-order valence-corrected chi connectivity index (χ0v) is 11.6. The number of rotatable bonds is 1. The predicted molar refractivity (Wildman–Crippen MR) is 62.5 cm³/mol. The van der Waals surface area contributed by atoms with Gasteiger partial charge >= 0.3 is 12.1 Å². The molecule has 1 aliphatic rings. The first kappa shape index (κ1) is 14.7. The first-order valence-electron chi connectivity index (χ1n) is 5.33. The number of hydrogen-bond donors (Lipinski definition) is 0. The van der Waals surface area contributed by atoms with Gasteiger partial charge in [-0.2, -0.15) is 0 Å². The molecule has 1 saturated heterocycles. The van der Waals surface area contributed by atoms with E-state index in [1.807, 2.05) is 0 Å². The Hall–Kier alpha value is -1.31. The molecule has 0 N–H and O–H groups in total. The molecule has 0 saturated carbocycles. The van der Waals surface area contributed by atoms with E-state index in [0.717, 1.165) is 12.0 Å². The molecule has 1 unspecified atom stereocenters. The van der Waals surface area contributed by atoms with Crippen molar-refractivity contribution >= 4 is 21.9 Å². The molecular weight excluding hydrogens is 262 g/mol. The molecule has 0 bridgehead atoms. The van der Waals surface area contributed by atoms with Gasteiger partial charge in [-0.25, -0.2) is 18.0 Å². The molecule has 1 fully saturated rings. The van der Waals surface area contributed by atoms with Crippen LogP contribution in [0.25, 0.3) is 0 Å². The maximum atomic E-state index is 11.8. The third-order valence-electron chi connectivity index (χ3n) is 2.23. The molecule has 1 atom stereocenters. The standard InChI is InChI=1S/C10H17NO6S/c1-10(2,3)17-9(13)11-6-18(14,15)5-7(11)8(12)16-4/h7H,5-6H2,1-4H3. The van der Waals surface area contributed by atoms with Gasteiger partial charge in [-0.3, -0.25) is 4.90 Å². The van der Waals surface area contributed by atoms with Crippen LogP contribution in [-0.4, -0.2) is 55.8 Å². The Kier molecular flexibility index (Phi) is 3.89. The highest BCUT2D eigenvalue weighted by Crippen LogP contribution is 2.20. The number of sulfone groups is 1. The van der Waals surface area contributed by atoms with Gasteiger partial charge in [0.15, 0.2) is 9.84 Å². The second-order valence-electron chi connectivity index (χ2n) is 5.03. The van der Waals surface area contributed by atoms with Gasteiger partial charge in [0.25, 0.3) is 0 Å². The summed E-state index contributed by atoms with van der Waals surface area (Å²) in [6, 6.07) is -1.13. The minimum atomic E-state index is -3.48. The fourth-order valence-electron chi connectivity index (χ4n) is 1.52. The zero-order valence-electron chi connectivity index (χ0n) is 10.8. The third kappa shape index (κ3) is 3.59. The number of nitrogens with zero attached hydrogens (tertiary/aromatic N) is 1. The van der Waals surface area contributed by atoms with Crippen LogP contribution < -0.4 is 0 Å². The number of esters is 1. The molecular formula is C10H17NO6S. The van der Waals surface area contributed by atoms with Crippen molar-refractivity contribution < 1.29 is 27.5 Å². The van der Waals surface area contributed by atoms with Gasteiger partial charge in [0.2, 0.25) is 0 Å². The van der Waals surface area contributed by atoms with Gasteiger partial charge in [-0.05, 0) is 20.8 Å². The first-order chi connectivity index (χ1) is 8.06. The molecule has 1 aliphatic heterocycles. The monoisotopic (exact) mass is 279 g/mol. The van der Waals surface area contributed by atoms with Crippen LogP contribution in [0, 0.1) is 0 Å². The first-order valence-corrected chi connectivity index (χ1v) is 7.16. The summed E-state index contributed by atoms with van der Waals surface area (Å²) in [5.74, 6) is -1.72. The third-order valence-corrected chi connectivity index (χ3v) is 3.72. The second-order valence-corrected chi connectivity index (χ2v) is 7.11. The molecule has 7 nitrogen and oxygen atoms in total. The minimum absolute atomic E-state index is 0.432. The normalized spacial score (nSPS) is 22.7. The smallest absolute Gasteiger partial charge is 0.411 e. The molecule has 0 radical (unpaired) electrons. The Morgan fingerprint density at radius 1 is 1.28 bits per heavy atom. The molecule has 8 heteroatoms. The van der Waals surface area contributed by atoms with Crippen molar-refractivity contribution in [1.29, 1.82) is 0 Å². The number of carbonyl (C=O) groups excluding carboxylic acids is 2. The molecule has 1 amide bonds. The highest BCUT2D eigenvalue weighted by atomic mass is 32.2. The molecule has 18 heavy (non-hydrogen) atoms. The van der Waals surface area contributed by atoms with Crippen LogP contribution in [0.1, 0.15) is 20.8 Å². The summed E-state index contributed by atoms with van der Waals surface area (Å²) in [5.41, 5.74) is -0.760. The molecule has 1 heterocycles. The second kappa shape index (κ2) is 4.75. The summed E-state index contributed by atoms with van der Waals surface area (Å²) in [4.78, 5) is 24.1. The maximum Gasteiger partial charge on any atom is 0.411 e. The Balaban J connectivity index is 2.91. The Morgan fingerprint density at radius 3 is 2.28 bits per heavy atom. The summed E-state index contributed by atoms with van der Waals surface area (Å²) < 4.78 is 32.5.